The third-order valence-corrected chi connectivity index (χ3v) is 6.30. The maximum Gasteiger partial charge on any atom is 0.203 e. The number of nitrogens with two attached hydrogens (primary N) is 1. The fraction of sp³-hybridized carbons (Fsp3) is 0.467. The number of aromatic nitrogens is 2. The molecule has 0 radical (unpaired) electrons. The Balaban J connectivity index is 2.06. The molecular formula is C15H19IN4O2. The zero-order chi connectivity index (χ0) is 16.2. The summed E-state index contributed by atoms with van der Waals surface area (Å²) in [4.78, 5) is 6.35. The van der Waals surface area contributed by atoms with E-state index in [4.69, 9.17) is 5.73 Å². The van der Waals surface area contributed by atoms with Gasteiger partial charge in [0.25, 0.3) is 0 Å². The van der Waals surface area contributed by atoms with Gasteiger partial charge in [-0.25, -0.2) is 0 Å². The lowest BCUT2D eigenvalue weighted by atomic mass is 9.63. The Morgan fingerprint density at radius 2 is 1.68 bits per heavy atom. The molecule has 0 fully saturated rings. The molecule has 2 unspecified atom stereocenters. The van der Waals surface area contributed by atoms with E-state index in [0.29, 0.717) is 0 Å². The first-order chi connectivity index (χ1) is 10.00. The molecule has 2 atom stereocenters. The summed E-state index contributed by atoms with van der Waals surface area (Å²) < 4.78 is 0.801. The first-order valence-electron chi connectivity index (χ1n) is 7.17. The van der Waals surface area contributed by atoms with Gasteiger partial charge in [0.2, 0.25) is 5.88 Å². The normalized spacial score (nSPS) is 30.9. The van der Waals surface area contributed by atoms with E-state index in [1.54, 1.807) is 6.92 Å². The highest BCUT2D eigenvalue weighted by Gasteiger charge is 2.59. The fourth-order valence-electron chi connectivity index (χ4n) is 3.75. The Bertz CT molecular complexity index is 829. The molecule has 3 heterocycles. The Hall–Kier alpha value is -1.19. The van der Waals surface area contributed by atoms with Gasteiger partial charge in [0.1, 0.15) is 5.60 Å². The average Bonchev–Trinajstić information content (AvgIpc) is 2.88. The molecule has 2 aromatic rings. The lowest BCUT2D eigenvalue weighted by Crippen LogP contribution is -2.60. The SMILES string of the molecule is CC1(C)Nc2c([nH]c3c2C(C)(N)C3(C)O)-c2[nH]c(O)c(I)c21. The summed E-state index contributed by atoms with van der Waals surface area (Å²) in [6.07, 6.45) is 0. The van der Waals surface area contributed by atoms with E-state index in [0.717, 1.165) is 37.5 Å². The van der Waals surface area contributed by atoms with Crippen LogP contribution in [0.5, 0.6) is 5.88 Å². The molecule has 0 bridgehead atoms. The summed E-state index contributed by atoms with van der Waals surface area (Å²) in [6, 6.07) is 0. The number of nitrogens with one attached hydrogen (secondary N) is 3. The standard InChI is InChI=1S/C15H19IN4O2/c1-13(2)5-7(16)12(21)19-8(5)10-9(20-13)6-11(18-10)15(4,22)14(6,3)17/h18-22H,17H2,1-4H3. The minimum absolute atomic E-state index is 0.160. The van der Waals surface area contributed by atoms with Gasteiger partial charge in [-0.05, 0) is 50.3 Å². The molecule has 1 aliphatic carbocycles. The second kappa shape index (κ2) is 3.65. The molecule has 2 aromatic heterocycles. The Labute approximate surface area is 141 Å². The second-order valence-electron chi connectivity index (χ2n) is 7.19. The Morgan fingerprint density at radius 3 is 2.32 bits per heavy atom. The van der Waals surface area contributed by atoms with Crippen molar-refractivity contribution < 1.29 is 10.2 Å². The van der Waals surface area contributed by atoms with Crippen LogP contribution in [0, 0.1) is 3.57 Å². The molecule has 7 N–H and O–H groups in total. The van der Waals surface area contributed by atoms with Crippen LogP contribution in [0.4, 0.5) is 5.69 Å². The van der Waals surface area contributed by atoms with Crippen molar-refractivity contribution in [3.63, 3.8) is 0 Å². The van der Waals surface area contributed by atoms with Gasteiger partial charge in [0.05, 0.1) is 37.4 Å². The first kappa shape index (κ1) is 14.4. The summed E-state index contributed by atoms with van der Waals surface area (Å²) >= 11 is 2.14. The summed E-state index contributed by atoms with van der Waals surface area (Å²) in [5.74, 6) is 0.160. The van der Waals surface area contributed by atoms with Gasteiger partial charge >= 0.3 is 0 Å². The molecule has 6 nitrogen and oxygen atoms in total. The van der Waals surface area contributed by atoms with E-state index < -0.39 is 11.1 Å². The molecule has 1 aliphatic heterocycles. The maximum absolute atomic E-state index is 10.6. The Kier molecular flexibility index (Phi) is 2.39. The molecule has 0 saturated carbocycles. The minimum atomic E-state index is -1.10. The van der Waals surface area contributed by atoms with Gasteiger partial charge in [-0.15, -0.1) is 0 Å². The minimum Gasteiger partial charge on any atom is -0.494 e. The maximum atomic E-state index is 10.6. The van der Waals surface area contributed by atoms with Crippen LogP contribution < -0.4 is 11.1 Å². The number of aliphatic hydroxyl groups is 1. The topological polar surface area (TPSA) is 110 Å². The van der Waals surface area contributed by atoms with Crippen molar-refractivity contribution in [2.24, 2.45) is 5.73 Å². The quantitative estimate of drug-likeness (QED) is 0.372. The van der Waals surface area contributed by atoms with Crippen molar-refractivity contribution >= 4 is 28.3 Å². The number of hydrogen-bond acceptors (Lipinski definition) is 4. The summed E-state index contributed by atoms with van der Waals surface area (Å²) in [7, 11) is 0. The zero-order valence-electron chi connectivity index (χ0n) is 12.8. The van der Waals surface area contributed by atoms with Gasteiger partial charge in [-0.1, -0.05) is 0 Å². The molecule has 4 rings (SSSR count). The molecular weight excluding hydrogens is 395 g/mol. The van der Waals surface area contributed by atoms with E-state index in [1.807, 2.05) is 6.92 Å². The molecule has 0 saturated heterocycles. The van der Waals surface area contributed by atoms with Crippen molar-refractivity contribution in [3.8, 4) is 17.3 Å². The largest absolute Gasteiger partial charge is 0.494 e. The van der Waals surface area contributed by atoms with Crippen LogP contribution >= 0.6 is 22.6 Å². The molecule has 2 aliphatic rings. The van der Waals surface area contributed by atoms with Gasteiger partial charge in [0.15, 0.2) is 0 Å². The number of halogens is 1. The van der Waals surface area contributed by atoms with Gasteiger partial charge < -0.3 is 31.2 Å². The van der Waals surface area contributed by atoms with E-state index >= 15 is 0 Å². The zero-order valence-corrected chi connectivity index (χ0v) is 15.0. The lowest BCUT2D eigenvalue weighted by Gasteiger charge is -2.50. The van der Waals surface area contributed by atoms with Crippen molar-refractivity contribution in [2.45, 2.75) is 44.4 Å². The number of hydrogen-bond donors (Lipinski definition) is 6. The highest BCUT2D eigenvalue weighted by Crippen LogP contribution is 2.59. The van der Waals surface area contributed by atoms with Crippen LogP contribution in [0.3, 0.4) is 0 Å². The van der Waals surface area contributed by atoms with Crippen LogP contribution in [-0.2, 0) is 16.7 Å². The summed E-state index contributed by atoms with van der Waals surface area (Å²) in [5.41, 5.74) is 9.32. The predicted molar refractivity (Wildman–Crippen MR) is 92.7 cm³/mol. The Morgan fingerprint density at radius 1 is 1.05 bits per heavy atom. The number of aromatic amines is 2. The predicted octanol–water partition coefficient (Wildman–Crippen LogP) is 2.38. The smallest absolute Gasteiger partial charge is 0.203 e. The van der Waals surface area contributed by atoms with E-state index in [1.165, 1.54) is 0 Å². The highest BCUT2D eigenvalue weighted by atomic mass is 127. The van der Waals surface area contributed by atoms with Gasteiger partial charge in [-0.3, -0.25) is 0 Å². The first-order valence-corrected chi connectivity index (χ1v) is 8.25. The van der Waals surface area contributed by atoms with Gasteiger partial charge in [-0.2, -0.15) is 0 Å². The van der Waals surface area contributed by atoms with Crippen LogP contribution in [0.2, 0.25) is 0 Å². The number of fused-ring (bicyclic) bond motifs is 5. The molecule has 0 spiro atoms. The second-order valence-corrected chi connectivity index (χ2v) is 8.27. The molecule has 118 valence electrons. The number of H-pyrrole nitrogens is 2. The van der Waals surface area contributed by atoms with Crippen molar-refractivity contribution in [3.05, 3.63) is 20.4 Å². The number of rotatable bonds is 0. The van der Waals surface area contributed by atoms with Crippen LogP contribution in [0.25, 0.3) is 11.4 Å². The number of aromatic hydroxyl groups is 1. The monoisotopic (exact) mass is 414 g/mol. The van der Waals surface area contributed by atoms with Gasteiger partial charge in [0, 0.05) is 11.1 Å². The van der Waals surface area contributed by atoms with E-state index in [2.05, 4.69) is 51.7 Å². The number of anilines is 1. The van der Waals surface area contributed by atoms with E-state index in [-0.39, 0.29) is 11.4 Å². The van der Waals surface area contributed by atoms with Crippen LogP contribution in [0.15, 0.2) is 0 Å². The third kappa shape index (κ3) is 1.34. The van der Waals surface area contributed by atoms with Crippen molar-refractivity contribution in [1.29, 1.82) is 0 Å². The molecule has 22 heavy (non-hydrogen) atoms. The highest BCUT2D eigenvalue weighted by molar-refractivity contribution is 14.1. The fourth-order valence-corrected chi connectivity index (χ4v) is 4.83. The summed E-state index contributed by atoms with van der Waals surface area (Å²) in [5, 5.41) is 24.2. The molecule has 7 heteroatoms. The molecule has 0 aromatic carbocycles. The molecule has 0 amide bonds. The van der Waals surface area contributed by atoms with Crippen molar-refractivity contribution in [1.82, 2.24) is 9.97 Å². The average molecular weight is 414 g/mol. The van der Waals surface area contributed by atoms with Crippen LogP contribution in [-0.4, -0.2) is 20.2 Å². The van der Waals surface area contributed by atoms with Crippen molar-refractivity contribution in [2.75, 3.05) is 5.32 Å². The third-order valence-electron chi connectivity index (χ3n) is 5.25. The summed E-state index contributed by atoms with van der Waals surface area (Å²) in [6.45, 7) is 7.69. The van der Waals surface area contributed by atoms with E-state index in [9.17, 15) is 10.2 Å². The van der Waals surface area contributed by atoms with Crippen LogP contribution in [0.1, 0.15) is 44.5 Å². The lowest BCUT2D eigenvalue weighted by molar-refractivity contribution is -0.0547.